The summed E-state index contributed by atoms with van der Waals surface area (Å²) in [6.07, 6.45) is 8.30. The van der Waals surface area contributed by atoms with Crippen molar-refractivity contribution >= 4 is 29.8 Å². The van der Waals surface area contributed by atoms with Crippen LogP contribution in [0.1, 0.15) is 40.7 Å². The number of phenols is 1. The Bertz CT molecular complexity index is 2040. The first-order valence-electron chi connectivity index (χ1n) is 15.5. The van der Waals surface area contributed by atoms with Gasteiger partial charge in [-0.2, -0.15) is 10.5 Å². The van der Waals surface area contributed by atoms with Crippen LogP contribution in [0.25, 0.3) is 34.4 Å². The zero-order chi connectivity index (χ0) is 35.6. The third-order valence-corrected chi connectivity index (χ3v) is 8.32. The van der Waals surface area contributed by atoms with Crippen LogP contribution in [0.3, 0.4) is 0 Å². The molecule has 0 radical (unpaired) electrons. The minimum atomic E-state index is -0.773. The van der Waals surface area contributed by atoms with Crippen LogP contribution in [0.4, 0.5) is 10.2 Å². The minimum Gasteiger partial charge on any atom is -0.507 e. The van der Waals surface area contributed by atoms with Crippen molar-refractivity contribution in [3.8, 4) is 40.1 Å². The maximum Gasteiger partial charge on any atom is 0.267 e. The number of nitrogens with zero attached hydrogens (tertiary/aromatic N) is 4. The van der Waals surface area contributed by atoms with Gasteiger partial charge in [-0.15, -0.1) is 0 Å². The highest BCUT2D eigenvalue weighted by Crippen LogP contribution is 2.40. The van der Waals surface area contributed by atoms with E-state index < -0.39 is 17.6 Å². The van der Waals surface area contributed by atoms with Gasteiger partial charge in [0, 0.05) is 60.7 Å². The number of hydroxylamine groups is 2. The van der Waals surface area contributed by atoms with E-state index in [-0.39, 0.29) is 22.9 Å². The van der Waals surface area contributed by atoms with E-state index >= 15 is 0 Å². The molecule has 1 saturated heterocycles. The Morgan fingerprint density at radius 3 is 2.22 bits per heavy atom. The number of rotatable bonds is 10. The van der Waals surface area contributed by atoms with Gasteiger partial charge < -0.3 is 15.3 Å². The molecule has 2 heterocycles. The molecule has 252 valence electrons. The number of anilines is 1. The Kier molecular flexibility index (Phi) is 11.3. The zero-order valence-corrected chi connectivity index (χ0v) is 26.6. The molecule has 13 heteroatoms. The Morgan fingerprint density at radius 2 is 1.60 bits per heavy atom. The van der Waals surface area contributed by atoms with Crippen molar-refractivity contribution in [3.63, 3.8) is 0 Å². The lowest BCUT2D eigenvalue weighted by molar-refractivity contribution is -0.124. The second kappa shape index (κ2) is 16.1. The lowest BCUT2D eigenvalue weighted by Gasteiger charge is -2.34. The molecular weight excluding hydrogens is 641 g/mol. The molecule has 4 aromatic rings. The monoisotopic (exact) mass is 673 g/mol. The SMILES string of the molecule is N#Cc1ccc(-c2c(-c3ccc(/C=C/C(=O)NO)c(O)c3)cnc(N3CCC(NCc4ccc(/C=C/C(=O)NO)cc4)CC3)c2C#N)cc1F. The van der Waals surface area contributed by atoms with Gasteiger partial charge in [0.1, 0.15) is 35.1 Å². The van der Waals surface area contributed by atoms with E-state index in [1.54, 1.807) is 36.0 Å². The van der Waals surface area contributed by atoms with Crippen LogP contribution >= 0.6 is 0 Å². The Morgan fingerprint density at radius 1 is 0.920 bits per heavy atom. The van der Waals surface area contributed by atoms with E-state index in [0.717, 1.165) is 30.0 Å². The number of hydrogen-bond donors (Lipinski definition) is 6. The highest BCUT2D eigenvalue weighted by molar-refractivity contribution is 5.93. The molecule has 0 atom stereocenters. The molecule has 50 heavy (non-hydrogen) atoms. The van der Waals surface area contributed by atoms with E-state index in [2.05, 4.69) is 16.4 Å². The topological polar surface area (TPSA) is 195 Å². The summed E-state index contributed by atoms with van der Waals surface area (Å²) in [4.78, 5) is 29.3. The van der Waals surface area contributed by atoms with E-state index in [1.165, 1.54) is 35.8 Å². The average molecular weight is 674 g/mol. The highest BCUT2D eigenvalue weighted by atomic mass is 19.1. The summed E-state index contributed by atoms with van der Waals surface area (Å²) in [6.45, 7) is 1.83. The van der Waals surface area contributed by atoms with E-state index in [9.17, 15) is 29.6 Å². The Balaban J connectivity index is 1.38. The van der Waals surface area contributed by atoms with E-state index in [4.69, 9.17) is 10.4 Å². The van der Waals surface area contributed by atoms with Gasteiger partial charge in [-0.3, -0.25) is 20.0 Å². The smallest absolute Gasteiger partial charge is 0.267 e. The molecule has 3 aromatic carbocycles. The van der Waals surface area contributed by atoms with Gasteiger partial charge >= 0.3 is 0 Å². The number of pyridine rings is 1. The first kappa shape index (κ1) is 34.9. The van der Waals surface area contributed by atoms with Crippen LogP contribution in [0, 0.1) is 28.5 Å². The molecule has 1 aliphatic rings. The molecule has 0 aliphatic carbocycles. The summed E-state index contributed by atoms with van der Waals surface area (Å²) >= 11 is 0. The van der Waals surface area contributed by atoms with Crippen molar-refractivity contribution in [2.75, 3.05) is 18.0 Å². The van der Waals surface area contributed by atoms with Gasteiger partial charge in [0.15, 0.2) is 0 Å². The molecular formula is C37H32FN7O5. The number of carbonyl (C=O) groups is 2. The van der Waals surface area contributed by atoms with Crippen LogP contribution in [0.5, 0.6) is 5.75 Å². The molecule has 0 bridgehead atoms. The summed E-state index contributed by atoms with van der Waals surface area (Å²) in [5.41, 5.74) is 6.94. The number of hydrogen-bond acceptors (Lipinski definition) is 10. The number of benzene rings is 3. The number of phenolic OH excluding ortho intramolecular Hbond substituents is 1. The van der Waals surface area contributed by atoms with Crippen molar-refractivity contribution in [1.29, 1.82) is 10.5 Å². The lowest BCUT2D eigenvalue weighted by atomic mass is 9.90. The zero-order valence-electron chi connectivity index (χ0n) is 26.6. The van der Waals surface area contributed by atoms with Gasteiger partial charge in [0.2, 0.25) is 0 Å². The second-order valence-corrected chi connectivity index (χ2v) is 11.4. The minimum absolute atomic E-state index is 0.141. The largest absolute Gasteiger partial charge is 0.507 e. The number of nitriles is 2. The summed E-state index contributed by atoms with van der Waals surface area (Å²) in [5.74, 6) is -1.87. The summed E-state index contributed by atoms with van der Waals surface area (Å²) in [6, 6.07) is 20.7. The lowest BCUT2D eigenvalue weighted by Crippen LogP contribution is -2.42. The number of amides is 2. The van der Waals surface area contributed by atoms with Crippen LogP contribution < -0.4 is 21.2 Å². The van der Waals surface area contributed by atoms with Crippen molar-refractivity contribution in [2.24, 2.45) is 0 Å². The fourth-order valence-corrected chi connectivity index (χ4v) is 5.70. The molecule has 2 amide bonds. The number of aromatic nitrogens is 1. The van der Waals surface area contributed by atoms with E-state index in [1.807, 2.05) is 35.2 Å². The van der Waals surface area contributed by atoms with Crippen molar-refractivity contribution in [1.82, 2.24) is 21.3 Å². The number of piperidine rings is 1. The van der Waals surface area contributed by atoms with Crippen molar-refractivity contribution in [2.45, 2.75) is 25.4 Å². The quantitative estimate of drug-likeness (QED) is 0.0774. The third-order valence-electron chi connectivity index (χ3n) is 8.32. The normalized spacial score (nSPS) is 13.3. The number of halogens is 1. The maximum absolute atomic E-state index is 14.9. The summed E-state index contributed by atoms with van der Waals surface area (Å²) in [7, 11) is 0. The third kappa shape index (κ3) is 8.18. The van der Waals surface area contributed by atoms with E-state index in [0.29, 0.717) is 53.3 Å². The van der Waals surface area contributed by atoms with Crippen LogP contribution in [0.15, 0.2) is 79.0 Å². The van der Waals surface area contributed by atoms with Gasteiger partial charge in [0.05, 0.1) is 5.56 Å². The molecule has 6 N–H and O–H groups in total. The fourth-order valence-electron chi connectivity index (χ4n) is 5.70. The number of nitrogens with one attached hydrogen (secondary N) is 3. The molecule has 1 fully saturated rings. The average Bonchev–Trinajstić information content (AvgIpc) is 3.15. The summed E-state index contributed by atoms with van der Waals surface area (Å²) < 4.78 is 14.9. The first-order chi connectivity index (χ1) is 24.2. The molecule has 1 aliphatic heterocycles. The molecule has 12 nitrogen and oxygen atoms in total. The number of carbonyl (C=O) groups excluding carboxylic acids is 2. The number of aromatic hydroxyl groups is 1. The molecule has 1 aromatic heterocycles. The standard InChI is InChI=1S/C37H32FN7O5/c38-32-17-27(8-9-28(32)19-39)36-30(20-40)37(42-22-31(36)26-7-6-25(33(46)18-26)10-12-35(48)44-50)45-15-13-29(14-16-45)41-21-24-3-1-23(2-4-24)5-11-34(47)43-49/h1-12,17-18,22,29,41,46,49-50H,13-16,21H2,(H,43,47)(H,44,48)/b11-5+,12-10+. The van der Waals surface area contributed by atoms with Gasteiger partial charge in [0.25, 0.3) is 11.8 Å². The van der Waals surface area contributed by atoms with Gasteiger partial charge in [-0.1, -0.05) is 42.5 Å². The Labute approximate surface area is 287 Å². The maximum atomic E-state index is 14.9. The van der Waals surface area contributed by atoms with Crippen LogP contribution in [0.2, 0.25) is 0 Å². The van der Waals surface area contributed by atoms with Crippen molar-refractivity contribution in [3.05, 3.63) is 113 Å². The van der Waals surface area contributed by atoms with Gasteiger partial charge in [-0.25, -0.2) is 20.3 Å². The molecule has 0 saturated carbocycles. The molecule has 0 unspecified atom stereocenters. The van der Waals surface area contributed by atoms with Crippen LogP contribution in [-0.4, -0.2) is 51.5 Å². The van der Waals surface area contributed by atoms with Crippen LogP contribution in [-0.2, 0) is 16.1 Å². The van der Waals surface area contributed by atoms with Crippen molar-refractivity contribution < 1.29 is 29.5 Å². The first-order valence-corrected chi connectivity index (χ1v) is 15.5. The predicted molar refractivity (Wildman–Crippen MR) is 183 cm³/mol. The van der Waals surface area contributed by atoms with Gasteiger partial charge in [-0.05, 0) is 65.4 Å². The fraction of sp³-hybridized carbons (Fsp3) is 0.162. The summed E-state index contributed by atoms with van der Waals surface area (Å²) in [5, 5.41) is 51.5. The Hall–Kier alpha value is -6.38. The predicted octanol–water partition coefficient (Wildman–Crippen LogP) is 4.80. The molecule has 5 rings (SSSR count). The molecule has 0 spiro atoms. The second-order valence-electron chi connectivity index (χ2n) is 11.4. The highest BCUT2D eigenvalue weighted by Gasteiger charge is 2.26.